The number of nitro groups is 1. The van der Waals surface area contributed by atoms with Gasteiger partial charge >= 0.3 is 11.6 Å². The van der Waals surface area contributed by atoms with Gasteiger partial charge in [0.1, 0.15) is 12.1 Å². The zero-order valence-corrected chi connectivity index (χ0v) is 16.1. The predicted octanol–water partition coefficient (Wildman–Crippen LogP) is 3.55. The maximum absolute atomic E-state index is 11.8. The summed E-state index contributed by atoms with van der Waals surface area (Å²) >= 11 is 6.08. The van der Waals surface area contributed by atoms with Crippen molar-refractivity contribution in [1.82, 2.24) is 15.0 Å². The van der Waals surface area contributed by atoms with E-state index in [1.165, 1.54) is 12.5 Å². The molecule has 0 bridgehead atoms. The van der Waals surface area contributed by atoms with Crippen LogP contribution in [0, 0.1) is 10.1 Å². The highest BCUT2D eigenvalue weighted by Gasteiger charge is 2.30. The van der Waals surface area contributed by atoms with Crippen LogP contribution >= 0.6 is 11.6 Å². The molecule has 3 aromatic rings. The zero-order chi connectivity index (χ0) is 20.2. The first-order valence-electron chi connectivity index (χ1n) is 8.94. The van der Waals surface area contributed by atoms with E-state index in [4.69, 9.17) is 16.3 Å². The number of nitrogens with zero attached hydrogens (tertiary/aromatic N) is 6. The van der Waals surface area contributed by atoms with Gasteiger partial charge in [-0.15, -0.1) is 0 Å². The average Bonchev–Trinajstić information content (AvgIpc) is 2.74. The smallest absolute Gasteiger partial charge is 0.373 e. The number of piperazine rings is 1. The van der Waals surface area contributed by atoms with Gasteiger partial charge in [0.2, 0.25) is 5.82 Å². The van der Waals surface area contributed by atoms with Crippen LogP contribution in [0.5, 0.6) is 11.6 Å². The minimum Gasteiger partial charge on any atom is -0.432 e. The van der Waals surface area contributed by atoms with Gasteiger partial charge in [0, 0.05) is 43.1 Å². The predicted molar refractivity (Wildman–Crippen MR) is 109 cm³/mol. The molecule has 148 valence electrons. The van der Waals surface area contributed by atoms with E-state index in [0.29, 0.717) is 37.0 Å². The third kappa shape index (κ3) is 4.19. The van der Waals surface area contributed by atoms with E-state index < -0.39 is 4.92 Å². The van der Waals surface area contributed by atoms with Crippen LogP contribution in [0.3, 0.4) is 0 Å². The largest absolute Gasteiger partial charge is 0.432 e. The van der Waals surface area contributed by atoms with Crippen molar-refractivity contribution < 1.29 is 9.66 Å². The van der Waals surface area contributed by atoms with Crippen LogP contribution in [-0.4, -0.2) is 46.1 Å². The molecule has 0 spiro atoms. The van der Waals surface area contributed by atoms with Crippen molar-refractivity contribution in [1.29, 1.82) is 0 Å². The summed E-state index contributed by atoms with van der Waals surface area (Å²) in [6, 6.07) is 11.0. The molecule has 4 rings (SSSR count). The van der Waals surface area contributed by atoms with Gasteiger partial charge in [-0.1, -0.05) is 17.7 Å². The Hall–Kier alpha value is -3.46. The molecule has 0 aliphatic carbocycles. The lowest BCUT2D eigenvalue weighted by molar-refractivity contribution is -0.385. The fourth-order valence-electron chi connectivity index (χ4n) is 3.19. The Morgan fingerprint density at radius 1 is 1.07 bits per heavy atom. The third-order valence-electron chi connectivity index (χ3n) is 4.55. The molecule has 0 saturated carbocycles. The monoisotopic (exact) mass is 412 g/mol. The summed E-state index contributed by atoms with van der Waals surface area (Å²) in [4.78, 5) is 27.4. The second-order valence-corrected chi connectivity index (χ2v) is 6.79. The maximum atomic E-state index is 11.8. The first-order valence-corrected chi connectivity index (χ1v) is 9.32. The standard InChI is InChI=1S/C19H17ClN6O3/c20-14-3-1-4-15(11-14)24-7-9-25(10-8-24)18-17(26(27)28)19(23-13-22-18)29-16-5-2-6-21-12-16/h1-6,11-13H,7-10H2. The minimum atomic E-state index is -0.510. The van der Waals surface area contributed by atoms with E-state index in [-0.39, 0.29) is 17.4 Å². The number of ether oxygens (including phenoxy) is 1. The third-order valence-corrected chi connectivity index (χ3v) is 4.79. The molecule has 0 radical (unpaired) electrons. The van der Waals surface area contributed by atoms with Gasteiger partial charge in [-0.05, 0) is 30.3 Å². The van der Waals surface area contributed by atoms with E-state index in [2.05, 4.69) is 19.9 Å². The summed E-state index contributed by atoms with van der Waals surface area (Å²) in [5.41, 5.74) is 0.766. The molecule has 29 heavy (non-hydrogen) atoms. The van der Waals surface area contributed by atoms with Gasteiger partial charge in [-0.3, -0.25) is 15.1 Å². The zero-order valence-electron chi connectivity index (χ0n) is 15.3. The molecule has 0 unspecified atom stereocenters. The molecule has 1 aromatic carbocycles. The molecule has 9 nitrogen and oxygen atoms in total. The molecule has 1 saturated heterocycles. The first-order chi connectivity index (χ1) is 14.1. The summed E-state index contributed by atoms with van der Waals surface area (Å²) in [5.74, 6) is 0.505. The second-order valence-electron chi connectivity index (χ2n) is 6.35. The average molecular weight is 413 g/mol. The van der Waals surface area contributed by atoms with Gasteiger partial charge < -0.3 is 14.5 Å². The van der Waals surface area contributed by atoms with E-state index in [1.54, 1.807) is 18.3 Å². The van der Waals surface area contributed by atoms with Crippen molar-refractivity contribution in [2.24, 2.45) is 0 Å². The normalized spacial score (nSPS) is 14.0. The number of benzene rings is 1. The number of rotatable bonds is 5. The highest BCUT2D eigenvalue weighted by Crippen LogP contribution is 2.36. The topological polar surface area (TPSA) is 97.5 Å². The fourth-order valence-corrected chi connectivity index (χ4v) is 3.37. The van der Waals surface area contributed by atoms with Crippen LogP contribution in [0.1, 0.15) is 0 Å². The molecule has 0 atom stereocenters. The number of anilines is 2. The van der Waals surface area contributed by atoms with Crippen molar-refractivity contribution >= 4 is 28.8 Å². The van der Waals surface area contributed by atoms with Crippen molar-refractivity contribution in [2.45, 2.75) is 0 Å². The summed E-state index contributed by atoms with van der Waals surface area (Å²) in [6.07, 6.45) is 4.33. The number of hydrogen-bond donors (Lipinski definition) is 0. The van der Waals surface area contributed by atoms with Gasteiger partial charge in [0.15, 0.2) is 0 Å². The van der Waals surface area contributed by atoms with Crippen molar-refractivity contribution in [2.75, 3.05) is 36.0 Å². The van der Waals surface area contributed by atoms with E-state index in [1.807, 2.05) is 29.2 Å². The number of pyridine rings is 1. The molecular weight excluding hydrogens is 396 g/mol. The summed E-state index contributed by atoms with van der Waals surface area (Å²) in [6.45, 7) is 2.49. The molecule has 1 aliphatic heterocycles. The van der Waals surface area contributed by atoms with E-state index in [0.717, 1.165) is 5.69 Å². The van der Waals surface area contributed by atoms with E-state index in [9.17, 15) is 10.1 Å². The number of halogens is 1. The van der Waals surface area contributed by atoms with Gasteiger partial charge in [-0.2, -0.15) is 4.98 Å². The van der Waals surface area contributed by atoms with E-state index >= 15 is 0 Å². The van der Waals surface area contributed by atoms with Crippen LogP contribution in [0.4, 0.5) is 17.2 Å². The quantitative estimate of drug-likeness (QED) is 0.463. The molecule has 1 aliphatic rings. The molecule has 0 amide bonds. The van der Waals surface area contributed by atoms with Crippen LogP contribution < -0.4 is 14.5 Å². The van der Waals surface area contributed by atoms with Crippen molar-refractivity contribution in [3.63, 3.8) is 0 Å². The van der Waals surface area contributed by atoms with Crippen LogP contribution in [0.15, 0.2) is 55.1 Å². The minimum absolute atomic E-state index is 0.106. The van der Waals surface area contributed by atoms with Gasteiger partial charge in [-0.25, -0.2) is 4.98 Å². The Morgan fingerprint density at radius 3 is 2.55 bits per heavy atom. The summed E-state index contributed by atoms with van der Waals surface area (Å²) in [5, 5.41) is 12.5. The number of aromatic nitrogens is 3. The lowest BCUT2D eigenvalue weighted by atomic mass is 10.2. The molecule has 3 heterocycles. The lowest BCUT2D eigenvalue weighted by Crippen LogP contribution is -2.47. The summed E-state index contributed by atoms with van der Waals surface area (Å²) in [7, 11) is 0. The van der Waals surface area contributed by atoms with Crippen LogP contribution in [0.2, 0.25) is 5.02 Å². The molecule has 0 N–H and O–H groups in total. The first kappa shape index (κ1) is 18.9. The Labute approximate surface area is 171 Å². The van der Waals surface area contributed by atoms with Crippen molar-refractivity contribution in [3.8, 4) is 11.6 Å². The number of hydrogen-bond acceptors (Lipinski definition) is 8. The van der Waals surface area contributed by atoms with Gasteiger partial charge in [0.05, 0.1) is 11.1 Å². The highest BCUT2D eigenvalue weighted by molar-refractivity contribution is 6.30. The SMILES string of the molecule is O=[N+]([O-])c1c(Oc2cccnc2)ncnc1N1CCN(c2cccc(Cl)c2)CC1. The van der Waals surface area contributed by atoms with Crippen molar-refractivity contribution in [3.05, 3.63) is 70.3 Å². The molecule has 1 fully saturated rings. The van der Waals surface area contributed by atoms with Crippen LogP contribution in [-0.2, 0) is 0 Å². The van der Waals surface area contributed by atoms with Gasteiger partial charge in [0.25, 0.3) is 0 Å². The summed E-state index contributed by atoms with van der Waals surface area (Å²) < 4.78 is 5.60. The highest BCUT2D eigenvalue weighted by atomic mass is 35.5. The molecular formula is C19H17ClN6O3. The molecule has 2 aromatic heterocycles. The fraction of sp³-hybridized carbons (Fsp3) is 0.211. The Kier molecular flexibility index (Phi) is 5.39. The Bertz CT molecular complexity index is 1010. The Balaban J connectivity index is 1.56. The van der Waals surface area contributed by atoms with Crippen LogP contribution in [0.25, 0.3) is 0 Å². The second kappa shape index (κ2) is 8.27. The lowest BCUT2D eigenvalue weighted by Gasteiger charge is -2.36. The maximum Gasteiger partial charge on any atom is 0.373 e. The Morgan fingerprint density at radius 2 is 1.86 bits per heavy atom. The molecule has 10 heteroatoms.